The number of carbonyl (C=O) groups excluding carboxylic acids is 2. The Labute approximate surface area is 150 Å². The molecule has 1 atom stereocenters. The maximum atomic E-state index is 12.2. The van der Waals surface area contributed by atoms with Crippen molar-refractivity contribution < 1.29 is 33.0 Å². The first-order valence-corrected chi connectivity index (χ1v) is 8.06. The zero-order chi connectivity index (χ0) is 18.5. The number of methoxy groups -OCH3 is 1. The molecule has 0 saturated carbocycles. The molecule has 2 aromatic rings. The van der Waals surface area contributed by atoms with Crippen LogP contribution < -0.4 is 19.5 Å². The standard InChI is InChI=1S/C18H19NO7/c1-11(13-4-3-5-23-13)19-16(20)10-26-18(21)12-8-14(22-2)17-15(9-12)24-6-7-25-17/h3-5,8-9,11H,6-7,10H2,1-2H3,(H,19,20)/t11-/m0/s1. The van der Waals surface area contributed by atoms with Crippen LogP contribution in [-0.4, -0.2) is 38.8 Å². The lowest BCUT2D eigenvalue weighted by atomic mass is 10.1. The normalized spacial score (nSPS) is 13.6. The molecule has 0 unspecified atom stereocenters. The fourth-order valence-electron chi connectivity index (χ4n) is 2.50. The first kappa shape index (κ1) is 17.7. The van der Waals surface area contributed by atoms with Crippen molar-refractivity contribution in [3.8, 4) is 17.2 Å². The van der Waals surface area contributed by atoms with Crippen molar-refractivity contribution in [3.63, 3.8) is 0 Å². The molecule has 26 heavy (non-hydrogen) atoms. The Bertz CT molecular complexity index is 768. The van der Waals surface area contributed by atoms with Crippen LogP contribution in [0.2, 0.25) is 0 Å². The molecular weight excluding hydrogens is 342 g/mol. The van der Waals surface area contributed by atoms with E-state index in [1.165, 1.54) is 25.5 Å². The van der Waals surface area contributed by atoms with Gasteiger partial charge in [0.25, 0.3) is 5.91 Å². The number of carbonyl (C=O) groups is 2. The van der Waals surface area contributed by atoms with E-state index in [2.05, 4.69) is 5.32 Å². The predicted molar refractivity (Wildman–Crippen MR) is 89.5 cm³/mol. The van der Waals surface area contributed by atoms with Crippen LogP contribution in [0.25, 0.3) is 0 Å². The molecule has 0 aliphatic carbocycles. The molecule has 3 rings (SSSR count). The number of hydrogen-bond donors (Lipinski definition) is 1. The summed E-state index contributed by atoms with van der Waals surface area (Å²) in [5.41, 5.74) is 0.206. The highest BCUT2D eigenvalue weighted by atomic mass is 16.6. The first-order valence-electron chi connectivity index (χ1n) is 8.06. The van der Waals surface area contributed by atoms with Crippen molar-refractivity contribution in [2.75, 3.05) is 26.9 Å². The predicted octanol–water partition coefficient (Wildman–Crippen LogP) is 2.09. The molecule has 0 bridgehead atoms. The molecule has 2 heterocycles. The number of rotatable bonds is 6. The second-order valence-electron chi connectivity index (χ2n) is 5.58. The Morgan fingerprint density at radius 3 is 2.81 bits per heavy atom. The molecule has 0 saturated heterocycles. The van der Waals surface area contributed by atoms with E-state index in [0.29, 0.717) is 36.2 Å². The molecule has 8 heteroatoms. The van der Waals surface area contributed by atoms with E-state index < -0.39 is 18.5 Å². The van der Waals surface area contributed by atoms with E-state index in [0.717, 1.165) is 0 Å². The van der Waals surface area contributed by atoms with Gasteiger partial charge in [-0.3, -0.25) is 4.79 Å². The minimum absolute atomic E-state index is 0.206. The molecule has 1 aromatic heterocycles. The third kappa shape index (κ3) is 3.90. The molecule has 0 spiro atoms. The minimum atomic E-state index is -0.666. The van der Waals surface area contributed by atoms with Gasteiger partial charge in [-0.05, 0) is 31.2 Å². The molecule has 1 N–H and O–H groups in total. The van der Waals surface area contributed by atoms with Crippen LogP contribution in [0.1, 0.15) is 29.1 Å². The van der Waals surface area contributed by atoms with Crippen molar-refractivity contribution in [3.05, 3.63) is 41.9 Å². The molecule has 0 radical (unpaired) electrons. The molecule has 1 amide bonds. The average Bonchev–Trinajstić information content (AvgIpc) is 3.20. The van der Waals surface area contributed by atoms with E-state index in [1.54, 1.807) is 19.1 Å². The smallest absolute Gasteiger partial charge is 0.338 e. The van der Waals surface area contributed by atoms with E-state index in [9.17, 15) is 9.59 Å². The van der Waals surface area contributed by atoms with Crippen LogP contribution in [0.5, 0.6) is 17.2 Å². The van der Waals surface area contributed by atoms with Crippen LogP contribution in [0.4, 0.5) is 0 Å². The van der Waals surface area contributed by atoms with Gasteiger partial charge in [0.1, 0.15) is 19.0 Å². The summed E-state index contributed by atoms with van der Waals surface area (Å²) >= 11 is 0. The van der Waals surface area contributed by atoms with E-state index in [4.69, 9.17) is 23.4 Å². The summed E-state index contributed by atoms with van der Waals surface area (Å²) in [7, 11) is 1.46. The van der Waals surface area contributed by atoms with Gasteiger partial charge in [-0.2, -0.15) is 0 Å². The Hall–Kier alpha value is -3.16. The quantitative estimate of drug-likeness (QED) is 0.787. The zero-order valence-electron chi connectivity index (χ0n) is 14.4. The summed E-state index contributed by atoms with van der Waals surface area (Å²) in [6.07, 6.45) is 1.52. The van der Waals surface area contributed by atoms with Crippen LogP contribution in [0.3, 0.4) is 0 Å². The summed E-state index contributed by atoms with van der Waals surface area (Å²) in [6.45, 7) is 2.13. The van der Waals surface area contributed by atoms with E-state index in [1.807, 2.05) is 0 Å². The van der Waals surface area contributed by atoms with Gasteiger partial charge in [0.05, 0.1) is 25.0 Å². The van der Waals surface area contributed by atoms with Crippen molar-refractivity contribution in [2.24, 2.45) is 0 Å². The molecular formula is C18H19NO7. The SMILES string of the molecule is COc1cc(C(=O)OCC(=O)N[C@@H](C)c2ccco2)cc2c1OCCO2. The van der Waals surface area contributed by atoms with Gasteiger partial charge >= 0.3 is 5.97 Å². The van der Waals surface area contributed by atoms with Crippen molar-refractivity contribution in [1.82, 2.24) is 5.32 Å². The molecule has 0 fully saturated rings. The average molecular weight is 361 g/mol. The largest absolute Gasteiger partial charge is 0.493 e. The van der Waals surface area contributed by atoms with Crippen LogP contribution in [0, 0.1) is 0 Å². The summed E-state index contributed by atoms with van der Waals surface area (Å²) < 4.78 is 26.4. The molecule has 138 valence electrons. The van der Waals surface area contributed by atoms with Gasteiger partial charge < -0.3 is 28.7 Å². The highest BCUT2D eigenvalue weighted by Gasteiger charge is 2.22. The zero-order valence-corrected chi connectivity index (χ0v) is 14.4. The Morgan fingerprint density at radius 2 is 2.08 bits per heavy atom. The third-order valence-electron chi connectivity index (χ3n) is 3.75. The summed E-state index contributed by atoms with van der Waals surface area (Å²) in [5.74, 6) is 0.720. The van der Waals surface area contributed by atoms with Crippen LogP contribution in [0.15, 0.2) is 34.9 Å². The van der Waals surface area contributed by atoms with Gasteiger partial charge in [0.2, 0.25) is 5.75 Å². The maximum Gasteiger partial charge on any atom is 0.338 e. The molecule has 8 nitrogen and oxygen atoms in total. The minimum Gasteiger partial charge on any atom is -0.493 e. The first-order chi connectivity index (χ1) is 12.6. The lowest BCUT2D eigenvalue weighted by Gasteiger charge is -2.21. The lowest BCUT2D eigenvalue weighted by molar-refractivity contribution is -0.125. The summed E-state index contributed by atoms with van der Waals surface area (Å²) in [4.78, 5) is 24.2. The summed E-state index contributed by atoms with van der Waals surface area (Å²) in [6, 6.07) is 6.14. The van der Waals surface area contributed by atoms with E-state index in [-0.39, 0.29) is 11.6 Å². The highest BCUT2D eigenvalue weighted by Crippen LogP contribution is 2.40. The topological polar surface area (TPSA) is 96.2 Å². The molecule has 1 aliphatic rings. The van der Waals surface area contributed by atoms with Crippen molar-refractivity contribution in [2.45, 2.75) is 13.0 Å². The van der Waals surface area contributed by atoms with Crippen molar-refractivity contribution >= 4 is 11.9 Å². The number of fused-ring (bicyclic) bond motifs is 1. The number of nitrogens with one attached hydrogen (secondary N) is 1. The van der Waals surface area contributed by atoms with Gasteiger partial charge in [0.15, 0.2) is 18.1 Å². The van der Waals surface area contributed by atoms with Crippen molar-refractivity contribution in [1.29, 1.82) is 0 Å². The highest BCUT2D eigenvalue weighted by molar-refractivity contribution is 5.92. The van der Waals surface area contributed by atoms with Gasteiger partial charge in [-0.1, -0.05) is 0 Å². The summed E-state index contributed by atoms with van der Waals surface area (Å²) in [5, 5.41) is 2.68. The number of hydrogen-bond acceptors (Lipinski definition) is 7. The van der Waals surface area contributed by atoms with Gasteiger partial charge in [-0.25, -0.2) is 4.79 Å². The Kier molecular flexibility index (Phi) is 5.31. The Balaban J connectivity index is 1.60. The monoisotopic (exact) mass is 361 g/mol. The van der Waals surface area contributed by atoms with Gasteiger partial charge in [-0.15, -0.1) is 0 Å². The molecule has 1 aromatic carbocycles. The third-order valence-corrected chi connectivity index (χ3v) is 3.75. The van der Waals surface area contributed by atoms with Crippen LogP contribution >= 0.6 is 0 Å². The number of esters is 1. The lowest BCUT2D eigenvalue weighted by Crippen LogP contribution is -2.31. The van der Waals surface area contributed by atoms with E-state index >= 15 is 0 Å². The maximum absolute atomic E-state index is 12.2. The fraction of sp³-hybridized carbons (Fsp3) is 0.333. The van der Waals surface area contributed by atoms with Gasteiger partial charge in [0, 0.05) is 0 Å². The number of amides is 1. The van der Waals surface area contributed by atoms with Crippen LogP contribution in [-0.2, 0) is 9.53 Å². The second-order valence-corrected chi connectivity index (χ2v) is 5.58. The number of benzene rings is 1. The Morgan fingerprint density at radius 1 is 1.27 bits per heavy atom. The molecule has 1 aliphatic heterocycles. The second kappa shape index (κ2) is 7.81. The number of ether oxygens (including phenoxy) is 4. The number of furan rings is 1. The fourth-order valence-corrected chi connectivity index (χ4v) is 2.50.